The highest BCUT2D eigenvalue weighted by molar-refractivity contribution is 5.89. The molecular weight excluding hydrogens is 339 g/mol. The van der Waals surface area contributed by atoms with Gasteiger partial charge in [0.1, 0.15) is 5.82 Å². The molecule has 2 saturated heterocycles. The smallest absolute Gasteiger partial charge is 0.319 e. The van der Waals surface area contributed by atoms with Crippen molar-refractivity contribution >= 4 is 17.6 Å². The zero-order valence-electron chi connectivity index (χ0n) is 14.7. The van der Waals surface area contributed by atoms with Gasteiger partial charge in [-0.1, -0.05) is 0 Å². The van der Waals surface area contributed by atoms with Gasteiger partial charge in [-0.2, -0.15) is 0 Å². The number of rotatable bonds is 4. The minimum Gasteiger partial charge on any atom is -0.381 e. The van der Waals surface area contributed by atoms with Crippen molar-refractivity contribution in [3.63, 3.8) is 0 Å². The van der Waals surface area contributed by atoms with Crippen molar-refractivity contribution in [2.45, 2.75) is 25.3 Å². The molecule has 1 unspecified atom stereocenters. The third-order valence-electron chi connectivity index (χ3n) is 5.21. The summed E-state index contributed by atoms with van der Waals surface area (Å²) >= 11 is 0. The van der Waals surface area contributed by atoms with Crippen LogP contribution in [0.15, 0.2) is 24.3 Å². The molecule has 0 aromatic heterocycles. The van der Waals surface area contributed by atoms with E-state index in [1.807, 2.05) is 0 Å². The normalized spacial score (nSPS) is 22.1. The minimum atomic E-state index is -0.538. The fraction of sp³-hybridized carbons (Fsp3) is 0.556. The van der Waals surface area contributed by atoms with Crippen LogP contribution >= 0.6 is 0 Å². The number of nitrogens with one attached hydrogen (secondary N) is 2. The van der Waals surface area contributed by atoms with Crippen LogP contribution in [-0.4, -0.2) is 55.7 Å². The lowest BCUT2D eigenvalue weighted by molar-refractivity contribution is -0.146. The van der Waals surface area contributed by atoms with E-state index in [-0.39, 0.29) is 23.8 Å². The number of benzene rings is 1. The molecular formula is C18H25FN4O3. The first-order valence-electron chi connectivity index (χ1n) is 8.93. The molecule has 3 amide bonds. The van der Waals surface area contributed by atoms with Crippen LogP contribution in [0.25, 0.3) is 0 Å². The van der Waals surface area contributed by atoms with Crippen molar-refractivity contribution in [1.29, 1.82) is 0 Å². The van der Waals surface area contributed by atoms with E-state index in [0.29, 0.717) is 57.8 Å². The van der Waals surface area contributed by atoms with Gasteiger partial charge in [-0.25, -0.2) is 9.18 Å². The van der Waals surface area contributed by atoms with E-state index in [9.17, 15) is 14.0 Å². The maximum absolute atomic E-state index is 12.9. The fourth-order valence-electron chi connectivity index (χ4n) is 3.55. The number of hydrogen-bond acceptors (Lipinski definition) is 4. The summed E-state index contributed by atoms with van der Waals surface area (Å²) in [5.74, 6) is -0.297. The lowest BCUT2D eigenvalue weighted by atomic mass is 9.79. The summed E-state index contributed by atoms with van der Waals surface area (Å²) in [7, 11) is 0. The number of ether oxygens (including phenoxy) is 1. The molecule has 26 heavy (non-hydrogen) atoms. The van der Waals surface area contributed by atoms with E-state index in [1.165, 1.54) is 24.3 Å². The zero-order chi connectivity index (χ0) is 18.6. The van der Waals surface area contributed by atoms with Gasteiger partial charge >= 0.3 is 6.03 Å². The fourth-order valence-corrected chi connectivity index (χ4v) is 3.55. The maximum Gasteiger partial charge on any atom is 0.319 e. The second-order valence-electron chi connectivity index (χ2n) is 6.94. The molecule has 142 valence electrons. The molecule has 0 bridgehead atoms. The lowest BCUT2D eigenvalue weighted by Crippen LogP contribution is -2.51. The zero-order valence-corrected chi connectivity index (χ0v) is 14.7. The average Bonchev–Trinajstić information content (AvgIpc) is 3.11. The molecule has 1 atom stereocenters. The number of likely N-dealkylation sites (tertiary alicyclic amines) is 1. The predicted octanol–water partition coefficient (Wildman–Crippen LogP) is 1.30. The Kier molecular flexibility index (Phi) is 5.73. The van der Waals surface area contributed by atoms with Crippen LogP contribution in [0, 0.1) is 11.2 Å². The molecule has 0 aliphatic carbocycles. The number of nitrogens with zero attached hydrogens (tertiary/aromatic N) is 1. The molecule has 2 aliphatic rings. The largest absolute Gasteiger partial charge is 0.381 e. The molecule has 2 fully saturated rings. The summed E-state index contributed by atoms with van der Waals surface area (Å²) < 4.78 is 18.3. The minimum absolute atomic E-state index is 0.0616. The Bertz CT molecular complexity index is 646. The topological polar surface area (TPSA) is 96.7 Å². The van der Waals surface area contributed by atoms with Crippen molar-refractivity contribution in [3.8, 4) is 0 Å². The highest BCUT2D eigenvalue weighted by Crippen LogP contribution is 2.32. The highest BCUT2D eigenvalue weighted by Gasteiger charge is 2.43. The number of halogens is 1. The van der Waals surface area contributed by atoms with Crippen molar-refractivity contribution in [3.05, 3.63) is 30.1 Å². The van der Waals surface area contributed by atoms with Gasteiger partial charge in [-0.15, -0.1) is 0 Å². The maximum atomic E-state index is 12.9. The first-order chi connectivity index (χ1) is 12.5. The number of amides is 3. The molecule has 0 radical (unpaired) electrons. The van der Waals surface area contributed by atoms with Crippen LogP contribution in [0.2, 0.25) is 0 Å². The Labute approximate surface area is 152 Å². The molecule has 2 heterocycles. The van der Waals surface area contributed by atoms with Crippen LogP contribution in [0.5, 0.6) is 0 Å². The number of carbonyl (C=O) groups excluding carboxylic acids is 2. The van der Waals surface area contributed by atoms with Crippen LogP contribution in [0.4, 0.5) is 14.9 Å². The van der Waals surface area contributed by atoms with Crippen LogP contribution in [-0.2, 0) is 9.53 Å². The Morgan fingerprint density at radius 3 is 2.62 bits per heavy atom. The lowest BCUT2D eigenvalue weighted by Gasteiger charge is -2.37. The van der Waals surface area contributed by atoms with Gasteiger partial charge in [0.25, 0.3) is 0 Å². The van der Waals surface area contributed by atoms with E-state index < -0.39 is 5.41 Å². The monoisotopic (exact) mass is 364 g/mol. The van der Waals surface area contributed by atoms with Crippen LogP contribution < -0.4 is 16.4 Å². The summed E-state index contributed by atoms with van der Waals surface area (Å²) in [6.07, 6.45) is 1.98. The van der Waals surface area contributed by atoms with Gasteiger partial charge in [0, 0.05) is 44.6 Å². The quantitative estimate of drug-likeness (QED) is 0.750. The number of nitrogens with two attached hydrogens (primary N) is 1. The summed E-state index contributed by atoms with van der Waals surface area (Å²) in [5.41, 5.74) is 5.88. The standard InChI is InChI=1S/C18H25FN4O3/c19-13-1-3-14(4-2-13)21-17(25)22-15-5-8-23(11-15)16(24)18(12-20)6-9-26-10-7-18/h1-4,15H,5-12,20H2,(H2,21,22,25). The van der Waals surface area contributed by atoms with Crippen molar-refractivity contribution in [1.82, 2.24) is 10.2 Å². The third kappa shape index (κ3) is 4.13. The molecule has 1 aromatic rings. The van der Waals surface area contributed by atoms with Gasteiger partial charge < -0.3 is 26.0 Å². The van der Waals surface area contributed by atoms with Gasteiger partial charge in [0.2, 0.25) is 5.91 Å². The second-order valence-corrected chi connectivity index (χ2v) is 6.94. The van der Waals surface area contributed by atoms with Gasteiger partial charge in [0.15, 0.2) is 0 Å². The molecule has 3 rings (SSSR count). The van der Waals surface area contributed by atoms with E-state index in [1.54, 1.807) is 4.90 Å². The molecule has 2 aliphatic heterocycles. The predicted molar refractivity (Wildman–Crippen MR) is 95.1 cm³/mol. The molecule has 1 aromatic carbocycles. The van der Waals surface area contributed by atoms with Crippen molar-refractivity contribution in [2.75, 3.05) is 38.2 Å². The molecule has 0 saturated carbocycles. The Balaban J connectivity index is 1.52. The van der Waals surface area contributed by atoms with Crippen LogP contribution in [0.1, 0.15) is 19.3 Å². The number of hydrogen-bond donors (Lipinski definition) is 3. The highest BCUT2D eigenvalue weighted by atomic mass is 19.1. The van der Waals surface area contributed by atoms with Gasteiger partial charge in [-0.05, 0) is 43.5 Å². The summed E-state index contributed by atoms with van der Waals surface area (Å²) in [6, 6.07) is 5.08. The first-order valence-corrected chi connectivity index (χ1v) is 8.93. The first kappa shape index (κ1) is 18.6. The van der Waals surface area contributed by atoms with Crippen LogP contribution in [0.3, 0.4) is 0 Å². The van der Waals surface area contributed by atoms with Crippen molar-refractivity contribution in [2.24, 2.45) is 11.1 Å². The summed E-state index contributed by atoms with van der Waals surface area (Å²) in [4.78, 5) is 26.8. The Hall–Kier alpha value is -2.19. The molecule has 0 spiro atoms. The third-order valence-corrected chi connectivity index (χ3v) is 5.21. The van der Waals surface area contributed by atoms with E-state index in [4.69, 9.17) is 10.5 Å². The second kappa shape index (κ2) is 8.01. The number of anilines is 1. The average molecular weight is 364 g/mol. The summed E-state index contributed by atoms with van der Waals surface area (Å²) in [5, 5.41) is 5.53. The van der Waals surface area contributed by atoms with E-state index >= 15 is 0 Å². The number of carbonyl (C=O) groups is 2. The Morgan fingerprint density at radius 2 is 1.96 bits per heavy atom. The summed E-state index contributed by atoms with van der Waals surface area (Å²) in [6.45, 7) is 2.49. The van der Waals surface area contributed by atoms with E-state index in [0.717, 1.165) is 0 Å². The molecule has 7 nitrogen and oxygen atoms in total. The van der Waals surface area contributed by atoms with Gasteiger partial charge in [0.05, 0.1) is 5.41 Å². The molecule has 8 heteroatoms. The van der Waals surface area contributed by atoms with E-state index in [2.05, 4.69) is 10.6 Å². The molecule has 4 N–H and O–H groups in total. The SMILES string of the molecule is NCC1(C(=O)N2CCC(NC(=O)Nc3ccc(F)cc3)C2)CCOCC1. The Morgan fingerprint density at radius 1 is 1.27 bits per heavy atom. The van der Waals surface area contributed by atoms with Gasteiger partial charge in [-0.3, -0.25) is 4.79 Å². The number of urea groups is 1. The van der Waals surface area contributed by atoms with Crippen molar-refractivity contribution < 1.29 is 18.7 Å².